The molecule has 0 bridgehead atoms. The summed E-state index contributed by atoms with van der Waals surface area (Å²) in [7, 11) is 0. The molecule has 1 aliphatic rings. The van der Waals surface area contributed by atoms with Crippen molar-refractivity contribution in [1.82, 2.24) is 10.6 Å². The van der Waals surface area contributed by atoms with Gasteiger partial charge < -0.3 is 5.32 Å². The van der Waals surface area contributed by atoms with Gasteiger partial charge in [0.1, 0.15) is 11.9 Å². The van der Waals surface area contributed by atoms with Crippen LogP contribution in [0, 0.1) is 12.7 Å². The molecule has 2 N–H and O–H groups in total. The zero-order valence-electron chi connectivity index (χ0n) is 12.4. The standard InChI is InChI=1S/C17H19FN2OS/c1-11-2-9-15(22-11)10-19-16(17(21)20-14-7-8-14)12-3-5-13(18)6-4-12/h2-6,9,14,16,19H,7-8,10H2,1H3,(H,20,21)/t16-/m1/s1. The van der Waals surface area contributed by atoms with E-state index in [1.165, 1.54) is 21.9 Å². The monoisotopic (exact) mass is 318 g/mol. The van der Waals surface area contributed by atoms with Gasteiger partial charge in [-0.25, -0.2) is 4.39 Å². The summed E-state index contributed by atoms with van der Waals surface area (Å²) in [5, 5.41) is 6.31. The van der Waals surface area contributed by atoms with Crippen LogP contribution in [0.15, 0.2) is 36.4 Å². The highest BCUT2D eigenvalue weighted by atomic mass is 32.1. The minimum absolute atomic E-state index is 0.0395. The third-order valence-corrected chi connectivity index (χ3v) is 4.67. The molecule has 3 nitrogen and oxygen atoms in total. The van der Waals surface area contributed by atoms with E-state index >= 15 is 0 Å². The Morgan fingerprint density at radius 1 is 1.27 bits per heavy atom. The summed E-state index contributed by atoms with van der Waals surface area (Å²) in [6.45, 7) is 2.68. The Balaban J connectivity index is 1.72. The van der Waals surface area contributed by atoms with Gasteiger partial charge in [0.25, 0.3) is 0 Å². The van der Waals surface area contributed by atoms with Crippen molar-refractivity contribution >= 4 is 17.2 Å². The van der Waals surface area contributed by atoms with Gasteiger partial charge in [-0.15, -0.1) is 11.3 Å². The lowest BCUT2D eigenvalue weighted by molar-refractivity contribution is -0.123. The minimum Gasteiger partial charge on any atom is -0.352 e. The number of aryl methyl sites for hydroxylation is 1. The highest BCUT2D eigenvalue weighted by Crippen LogP contribution is 2.22. The molecule has 3 rings (SSSR count). The van der Waals surface area contributed by atoms with E-state index in [0.717, 1.165) is 18.4 Å². The zero-order valence-corrected chi connectivity index (χ0v) is 13.3. The molecule has 0 unspecified atom stereocenters. The summed E-state index contributed by atoms with van der Waals surface area (Å²) < 4.78 is 13.1. The van der Waals surface area contributed by atoms with E-state index in [-0.39, 0.29) is 11.7 Å². The molecule has 5 heteroatoms. The molecule has 0 aliphatic heterocycles. The molecule has 0 saturated heterocycles. The van der Waals surface area contributed by atoms with Crippen molar-refractivity contribution in [3.8, 4) is 0 Å². The third kappa shape index (κ3) is 3.93. The van der Waals surface area contributed by atoms with Gasteiger partial charge in [-0.3, -0.25) is 10.1 Å². The molecule has 1 fully saturated rings. The first kappa shape index (κ1) is 15.2. The van der Waals surface area contributed by atoms with Crippen LogP contribution in [-0.2, 0) is 11.3 Å². The number of nitrogens with one attached hydrogen (secondary N) is 2. The summed E-state index contributed by atoms with van der Waals surface area (Å²) in [5.74, 6) is -0.332. The van der Waals surface area contributed by atoms with E-state index in [1.54, 1.807) is 23.5 Å². The lowest BCUT2D eigenvalue weighted by atomic mass is 10.1. The number of rotatable bonds is 6. The quantitative estimate of drug-likeness (QED) is 0.858. The van der Waals surface area contributed by atoms with Crippen LogP contribution in [0.1, 0.15) is 34.2 Å². The fourth-order valence-electron chi connectivity index (χ4n) is 2.31. The zero-order chi connectivity index (χ0) is 15.5. The van der Waals surface area contributed by atoms with Crippen LogP contribution in [-0.4, -0.2) is 11.9 Å². The van der Waals surface area contributed by atoms with Gasteiger partial charge in [-0.2, -0.15) is 0 Å². The minimum atomic E-state index is -0.455. The first-order valence-corrected chi connectivity index (χ1v) is 8.28. The highest BCUT2D eigenvalue weighted by molar-refractivity contribution is 7.11. The maximum atomic E-state index is 13.1. The Bertz CT molecular complexity index is 649. The first-order valence-electron chi connectivity index (χ1n) is 7.46. The molecule has 0 radical (unpaired) electrons. The second-order valence-corrected chi connectivity index (χ2v) is 7.03. The molecule has 1 amide bonds. The second kappa shape index (κ2) is 6.58. The molecule has 1 heterocycles. The molecule has 1 saturated carbocycles. The number of hydrogen-bond acceptors (Lipinski definition) is 3. The summed E-state index contributed by atoms with van der Waals surface area (Å²) >= 11 is 1.71. The molecule has 116 valence electrons. The fraction of sp³-hybridized carbons (Fsp3) is 0.353. The van der Waals surface area contributed by atoms with E-state index in [4.69, 9.17) is 0 Å². The number of carbonyl (C=O) groups excluding carboxylic acids is 1. The summed E-state index contributed by atoms with van der Waals surface area (Å²) in [6, 6.07) is 10.1. The van der Waals surface area contributed by atoms with Crippen LogP contribution >= 0.6 is 11.3 Å². The van der Waals surface area contributed by atoms with Gasteiger partial charge >= 0.3 is 0 Å². The third-order valence-electron chi connectivity index (χ3n) is 3.67. The molecule has 0 spiro atoms. The molecule has 22 heavy (non-hydrogen) atoms. The molecular weight excluding hydrogens is 299 g/mol. The molecule has 1 aromatic heterocycles. The van der Waals surface area contributed by atoms with E-state index in [2.05, 4.69) is 29.7 Å². The van der Waals surface area contributed by atoms with Crippen LogP contribution < -0.4 is 10.6 Å². The van der Waals surface area contributed by atoms with Crippen LogP contribution in [0.5, 0.6) is 0 Å². The van der Waals surface area contributed by atoms with Crippen molar-refractivity contribution in [2.75, 3.05) is 0 Å². The maximum absolute atomic E-state index is 13.1. The van der Waals surface area contributed by atoms with Crippen molar-refractivity contribution in [3.63, 3.8) is 0 Å². The Morgan fingerprint density at radius 3 is 2.59 bits per heavy atom. The number of carbonyl (C=O) groups is 1. The smallest absolute Gasteiger partial charge is 0.241 e. The molecule has 1 aliphatic carbocycles. The predicted octanol–water partition coefficient (Wildman–Crippen LogP) is 3.31. The lowest BCUT2D eigenvalue weighted by Gasteiger charge is -2.18. The van der Waals surface area contributed by atoms with Crippen LogP contribution in [0.4, 0.5) is 4.39 Å². The Morgan fingerprint density at radius 2 is 2.00 bits per heavy atom. The van der Waals surface area contributed by atoms with E-state index in [1.807, 2.05) is 0 Å². The summed E-state index contributed by atoms with van der Waals surface area (Å²) in [6.07, 6.45) is 2.10. The first-order chi connectivity index (χ1) is 10.6. The second-order valence-electron chi connectivity index (χ2n) is 5.66. The fourth-order valence-corrected chi connectivity index (χ4v) is 3.15. The average molecular weight is 318 g/mol. The number of benzene rings is 1. The summed E-state index contributed by atoms with van der Waals surface area (Å²) in [4.78, 5) is 14.9. The van der Waals surface area contributed by atoms with E-state index < -0.39 is 6.04 Å². The maximum Gasteiger partial charge on any atom is 0.241 e. The van der Waals surface area contributed by atoms with Crippen molar-refractivity contribution in [1.29, 1.82) is 0 Å². The van der Waals surface area contributed by atoms with Crippen molar-refractivity contribution < 1.29 is 9.18 Å². The Kier molecular flexibility index (Phi) is 4.55. The van der Waals surface area contributed by atoms with Gasteiger partial charge in [-0.05, 0) is 49.6 Å². The number of amides is 1. The highest BCUT2D eigenvalue weighted by Gasteiger charge is 2.28. The molecule has 2 aromatic rings. The van der Waals surface area contributed by atoms with Crippen LogP contribution in [0.3, 0.4) is 0 Å². The van der Waals surface area contributed by atoms with Gasteiger partial charge in [0.15, 0.2) is 0 Å². The normalized spacial score (nSPS) is 15.5. The van der Waals surface area contributed by atoms with Crippen molar-refractivity contribution in [2.24, 2.45) is 0 Å². The largest absolute Gasteiger partial charge is 0.352 e. The van der Waals surface area contributed by atoms with Gasteiger partial charge in [0.2, 0.25) is 5.91 Å². The lowest BCUT2D eigenvalue weighted by Crippen LogP contribution is -2.38. The van der Waals surface area contributed by atoms with Crippen molar-refractivity contribution in [3.05, 3.63) is 57.5 Å². The Hall–Kier alpha value is -1.72. The number of thiophene rings is 1. The van der Waals surface area contributed by atoms with Gasteiger partial charge in [-0.1, -0.05) is 12.1 Å². The SMILES string of the molecule is Cc1ccc(CN[C@@H](C(=O)NC2CC2)c2ccc(F)cc2)s1. The van der Waals surface area contributed by atoms with Crippen LogP contribution in [0.25, 0.3) is 0 Å². The van der Waals surface area contributed by atoms with Gasteiger partial charge in [0, 0.05) is 22.3 Å². The summed E-state index contributed by atoms with van der Waals surface area (Å²) in [5.41, 5.74) is 0.785. The predicted molar refractivity (Wildman–Crippen MR) is 86.2 cm³/mol. The molecule has 1 aromatic carbocycles. The molecule has 1 atom stereocenters. The molecular formula is C17H19FN2OS. The van der Waals surface area contributed by atoms with Crippen LogP contribution in [0.2, 0.25) is 0 Å². The average Bonchev–Trinajstić information content (AvgIpc) is 3.21. The van der Waals surface area contributed by atoms with Crippen molar-refractivity contribution in [2.45, 2.75) is 38.4 Å². The van der Waals surface area contributed by atoms with Gasteiger partial charge in [0.05, 0.1) is 0 Å². The Labute approximate surface area is 133 Å². The topological polar surface area (TPSA) is 41.1 Å². The number of hydrogen-bond donors (Lipinski definition) is 2. The number of halogens is 1. The van der Waals surface area contributed by atoms with E-state index in [9.17, 15) is 9.18 Å². The van der Waals surface area contributed by atoms with E-state index in [0.29, 0.717) is 12.6 Å².